The van der Waals surface area contributed by atoms with Crippen molar-refractivity contribution in [1.82, 2.24) is 24.8 Å². The summed E-state index contributed by atoms with van der Waals surface area (Å²) in [5.41, 5.74) is 0.905. The number of amides is 1. The number of hydrogen-bond donors (Lipinski definition) is 2. The summed E-state index contributed by atoms with van der Waals surface area (Å²) in [4.78, 5) is 31.2. The van der Waals surface area contributed by atoms with Crippen LogP contribution in [0.1, 0.15) is 12.0 Å². The van der Waals surface area contributed by atoms with Crippen LogP contribution >= 0.6 is 11.3 Å². The molecular formula is C24H20F2N6O3S. The fourth-order valence-electron chi connectivity index (χ4n) is 3.87. The number of carbonyl (C=O) groups is 1. The largest absolute Gasteiger partial charge is 0.417 e. The smallest absolute Gasteiger partial charge is 0.388 e. The van der Waals surface area contributed by atoms with Crippen LogP contribution in [-0.4, -0.2) is 56.1 Å². The second-order valence-corrected chi connectivity index (χ2v) is 8.94. The summed E-state index contributed by atoms with van der Waals surface area (Å²) >= 11 is 1.40. The zero-order valence-corrected chi connectivity index (χ0v) is 19.7. The second kappa shape index (κ2) is 9.55. The van der Waals surface area contributed by atoms with Crippen molar-refractivity contribution in [3.63, 3.8) is 0 Å². The summed E-state index contributed by atoms with van der Waals surface area (Å²) in [6, 6.07) is 13.3. The van der Waals surface area contributed by atoms with Crippen molar-refractivity contribution in [3.05, 3.63) is 65.7 Å². The van der Waals surface area contributed by atoms with E-state index in [2.05, 4.69) is 30.0 Å². The van der Waals surface area contributed by atoms with E-state index in [-0.39, 0.29) is 23.6 Å². The van der Waals surface area contributed by atoms with Gasteiger partial charge in [-0.1, -0.05) is 24.3 Å². The first-order valence-corrected chi connectivity index (χ1v) is 11.8. The summed E-state index contributed by atoms with van der Waals surface area (Å²) in [6.07, 6.45) is 1.87. The lowest BCUT2D eigenvalue weighted by molar-refractivity contribution is -0.143. The van der Waals surface area contributed by atoms with Crippen LogP contribution in [0.3, 0.4) is 0 Å². The molecule has 5 rings (SSSR count). The van der Waals surface area contributed by atoms with Crippen LogP contribution in [0.5, 0.6) is 5.88 Å². The van der Waals surface area contributed by atoms with Crippen LogP contribution in [-0.2, 0) is 10.4 Å². The Balaban J connectivity index is 1.37. The lowest BCUT2D eigenvalue weighted by atomic mass is 9.91. The molecule has 1 saturated heterocycles. The molecule has 4 heterocycles. The van der Waals surface area contributed by atoms with E-state index in [1.54, 1.807) is 43.6 Å². The van der Waals surface area contributed by atoms with E-state index in [9.17, 15) is 18.7 Å². The number of halogens is 2. The fourth-order valence-corrected chi connectivity index (χ4v) is 4.68. The maximum Gasteiger partial charge on any atom is 0.388 e. The lowest BCUT2D eigenvalue weighted by Gasteiger charge is -2.21. The molecule has 0 aliphatic carbocycles. The summed E-state index contributed by atoms with van der Waals surface area (Å²) in [7, 11) is 1.67. The molecule has 9 nitrogen and oxygen atoms in total. The minimum absolute atomic E-state index is 0.205. The average Bonchev–Trinajstić information content (AvgIpc) is 3.46. The van der Waals surface area contributed by atoms with Gasteiger partial charge in [-0.15, -0.1) is 11.3 Å². The third-order valence-corrected chi connectivity index (χ3v) is 6.58. The number of carbonyl (C=O) groups excluding carboxylic acids is 1. The van der Waals surface area contributed by atoms with Crippen LogP contribution in [0.15, 0.2) is 60.1 Å². The molecule has 3 aromatic heterocycles. The maximum atomic E-state index is 12.5. The summed E-state index contributed by atoms with van der Waals surface area (Å²) in [5.74, 6) is -0.0997. The van der Waals surface area contributed by atoms with Crippen molar-refractivity contribution in [2.45, 2.75) is 18.6 Å². The Hall–Kier alpha value is -4.03. The molecule has 1 aliphatic rings. The molecule has 184 valence electrons. The molecule has 1 fully saturated rings. The number of nitrogens with zero attached hydrogens (tertiary/aromatic N) is 5. The van der Waals surface area contributed by atoms with Crippen LogP contribution in [0.25, 0.3) is 22.0 Å². The number of likely N-dealkylation sites (tertiary alicyclic amines) is 1. The van der Waals surface area contributed by atoms with Crippen LogP contribution in [0.2, 0.25) is 0 Å². The Morgan fingerprint density at radius 2 is 1.97 bits per heavy atom. The number of benzene rings is 1. The first kappa shape index (κ1) is 23.7. The molecule has 0 saturated carbocycles. The number of nitrogens with one attached hydrogen (secondary N) is 1. The zero-order valence-electron chi connectivity index (χ0n) is 18.9. The van der Waals surface area contributed by atoms with Gasteiger partial charge in [0.1, 0.15) is 16.5 Å². The van der Waals surface area contributed by atoms with Gasteiger partial charge in [-0.25, -0.2) is 15.0 Å². The van der Waals surface area contributed by atoms with E-state index in [1.165, 1.54) is 28.4 Å². The van der Waals surface area contributed by atoms with Gasteiger partial charge in [-0.05, 0) is 23.8 Å². The number of ether oxygens (including phenoxy) is 1. The Morgan fingerprint density at radius 1 is 1.14 bits per heavy atom. The highest BCUT2D eigenvalue weighted by molar-refractivity contribution is 7.13. The fraction of sp³-hybridized carbons (Fsp3) is 0.208. The third kappa shape index (κ3) is 4.72. The lowest BCUT2D eigenvalue weighted by Crippen LogP contribution is -2.36. The highest BCUT2D eigenvalue weighted by Gasteiger charge is 2.45. The Kier molecular flexibility index (Phi) is 6.29. The molecule has 0 bridgehead atoms. The predicted molar refractivity (Wildman–Crippen MR) is 129 cm³/mol. The Morgan fingerprint density at radius 3 is 2.75 bits per heavy atom. The van der Waals surface area contributed by atoms with Gasteiger partial charge in [0.2, 0.25) is 11.8 Å². The zero-order chi connectivity index (χ0) is 25.3. The normalized spacial score (nSPS) is 17.6. The molecule has 1 amide bonds. The molecule has 1 aliphatic heterocycles. The predicted octanol–water partition coefficient (Wildman–Crippen LogP) is 4.06. The van der Waals surface area contributed by atoms with Crippen LogP contribution in [0, 0.1) is 0 Å². The monoisotopic (exact) mass is 510 g/mol. The molecule has 0 radical (unpaired) electrons. The number of thiazole rings is 1. The van der Waals surface area contributed by atoms with E-state index in [4.69, 9.17) is 0 Å². The van der Waals surface area contributed by atoms with Gasteiger partial charge in [0.15, 0.2) is 5.60 Å². The maximum absolute atomic E-state index is 12.5. The highest BCUT2D eigenvalue weighted by Crippen LogP contribution is 2.36. The van der Waals surface area contributed by atoms with Crippen molar-refractivity contribution >= 4 is 29.0 Å². The molecule has 1 aromatic carbocycles. The number of pyridine rings is 1. The highest BCUT2D eigenvalue weighted by atomic mass is 32.1. The number of alkyl halides is 2. The van der Waals surface area contributed by atoms with E-state index in [1.807, 2.05) is 11.4 Å². The molecule has 4 aromatic rings. The molecular weight excluding hydrogens is 490 g/mol. The van der Waals surface area contributed by atoms with Crippen molar-refractivity contribution < 1.29 is 23.4 Å². The van der Waals surface area contributed by atoms with Crippen molar-refractivity contribution in [2.75, 3.05) is 18.9 Å². The summed E-state index contributed by atoms with van der Waals surface area (Å²) < 4.78 is 29.2. The second-order valence-electron chi connectivity index (χ2n) is 8.09. The van der Waals surface area contributed by atoms with Crippen LogP contribution < -0.4 is 10.1 Å². The molecule has 1 atom stereocenters. The number of aliphatic hydroxyl groups is 1. The van der Waals surface area contributed by atoms with E-state index < -0.39 is 12.2 Å². The minimum atomic E-state index is -2.98. The van der Waals surface area contributed by atoms with Gasteiger partial charge in [-0.3, -0.25) is 4.79 Å². The Labute approximate surface area is 208 Å². The number of hydrogen-bond acceptors (Lipinski definition) is 9. The number of anilines is 2. The quantitative estimate of drug-likeness (QED) is 0.383. The van der Waals surface area contributed by atoms with Crippen molar-refractivity contribution in [2.24, 2.45) is 0 Å². The third-order valence-electron chi connectivity index (χ3n) is 5.69. The van der Waals surface area contributed by atoms with Gasteiger partial charge < -0.3 is 20.1 Å². The molecule has 36 heavy (non-hydrogen) atoms. The minimum Gasteiger partial charge on any atom is -0.417 e. The van der Waals surface area contributed by atoms with Crippen LogP contribution in [0.4, 0.5) is 20.5 Å². The van der Waals surface area contributed by atoms with E-state index in [0.717, 1.165) is 5.56 Å². The van der Waals surface area contributed by atoms with E-state index in [0.29, 0.717) is 34.9 Å². The Bertz CT molecular complexity index is 1420. The average molecular weight is 511 g/mol. The van der Waals surface area contributed by atoms with Gasteiger partial charge in [0.05, 0.1) is 5.69 Å². The van der Waals surface area contributed by atoms with Gasteiger partial charge in [0, 0.05) is 43.2 Å². The number of likely N-dealkylation sites (N-methyl/N-ethyl adjacent to an activating group) is 1. The van der Waals surface area contributed by atoms with Gasteiger partial charge in [0.25, 0.3) is 5.91 Å². The first-order chi connectivity index (χ1) is 17.3. The standard InChI is InChI=1S/C24H20F2N6O3S/c1-32-11-9-24(34,21(32)33)15-5-2-4-14(12-15)20-28-17(13-36-20)16-8-10-27-23(29-16)31-18-6-3-7-19(30-18)35-22(25)26/h2-8,10,12-13,22,34H,9,11H2,1H3,(H,27,29,30,31)/t24-/m1/s1. The number of rotatable bonds is 7. The molecule has 0 unspecified atom stereocenters. The molecule has 0 spiro atoms. The summed E-state index contributed by atoms with van der Waals surface area (Å²) in [5, 5.41) is 16.4. The topological polar surface area (TPSA) is 113 Å². The van der Waals surface area contributed by atoms with Crippen molar-refractivity contribution in [3.8, 4) is 27.8 Å². The van der Waals surface area contributed by atoms with E-state index >= 15 is 0 Å². The number of aromatic nitrogens is 4. The molecule has 2 N–H and O–H groups in total. The van der Waals surface area contributed by atoms with Gasteiger partial charge >= 0.3 is 6.61 Å². The van der Waals surface area contributed by atoms with Crippen molar-refractivity contribution in [1.29, 1.82) is 0 Å². The van der Waals surface area contributed by atoms with Gasteiger partial charge in [-0.2, -0.15) is 13.8 Å². The first-order valence-electron chi connectivity index (χ1n) is 10.9. The molecule has 12 heteroatoms. The summed E-state index contributed by atoms with van der Waals surface area (Å²) in [6.45, 7) is -2.49. The SMILES string of the molecule is CN1CC[C@@](O)(c2cccc(-c3nc(-c4ccnc(Nc5cccc(OC(F)F)n5)n4)cs3)c2)C1=O.